The van der Waals surface area contributed by atoms with Gasteiger partial charge in [0, 0.05) is 34.6 Å². The van der Waals surface area contributed by atoms with E-state index in [2.05, 4.69) is 20.6 Å². The molecule has 0 saturated heterocycles. The monoisotopic (exact) mass is 505 g/mol. The number of pyridine rings is 1. The summed E-state index contributed by atoms with van der Waals surface area (Å²) in [7, 11) is 1.51. The van der Waals surface area contributed by atoms with E-state index in [1.807, 2.05) is 12.1 Å². The van der Waals surface area contributed by atoms with Crippen molar-refractivity contribution in [3.05, 3.63) is 86.6 Å². The highest BCUT2D eigenvalue weighted by Crippen LogP contribution is 2.34. The molecular weight excluding hydrogens is 488 g/mol. The zero-order valence-electron chi connectivity index (χ0n) is 17.3. The first-order valence-electron chi connectivity index (χ1n) is 9.71. The zero-order valence-corrected chi connectivity index (χ0v) is 19.6. The lowest BCUT2D eigenvalue weighted by Crippen LogP contribution is -2.16. The van der Waals surface area contributed by atoms with Crippen molar-refractivity contribution in [2.75, 3.05) is 12.5 Å². The van der Waals surface area contributed by atoms with Crippen LogP contribution in [0.2, 0.25) is 10.0 Å². The average Bonchev–Trinajstić information content (AvgIpc) is 3.19. The van der Waals surface area contributed by atoms with Gasteiger partial charge in [0.15, 0.2) is 17.3 Å². The first kappa shape index (κ1) is 23.0. The molecule has 33 heavy (non-hydrogen) atoms. The van der Waals surface area contributed by atoms with Gasteiger partial charge in [0.05, 0.1) is 18.7 Å². The van der Waals surface area contributed by atoms with Crippen molar-refractivity contribution in [2.45, 2.75) is 13.2 Å². The van der Waals surface area contributed by atoms with Crippen LogP contribution < -0.4 is 14.9 Å². The Balaban J connectivity index is 1.54. The molecule has 0 bridgehead atoms. The molecule has 0 saturated carbocycles. The second-order valence-corrected chi connectivity index (χ2v) is 8.04. The van der Waals surface area contributed by atoms with Gasteiger partial charge >= 0.3 is 0 Å². The Hall–Kier alpha value is -3.14. The van der Waals surface area contributed by atoms with Crippen LogP contribution in [0.5, 0.6) is 11.5 Å². The summed E-state index contributed by atoms with van der Waals surface area (Å²) < 4.78 is 27.3. The van der Waals surface area contributed by atoms with Crippen LogP contribution in [0, 0.1) is 10.6 Å². The highest BCUT2D eigenvalue weighted by Gasteiger charge is 2.15. The molecule has 7 nitrogen and oxygen atoms in total. The molecule has 0 aliphatic rings. The Morgan fingerprint density at radius 2 is 1.91 bits per heavy atom. The topological polar surface area (TPSA) is 77.0 Å². The summed E-state index contributed by atoms with van der Waals surface area (Å²) >= 11 is 17.9. The van der Waals surface area contributed by atoms with Crippen LogP contribution in [0.15, 0.2) is 54.9 Å². The van der Waals surface area contributed by atoms with Crippen LogP contribution in [0.3, 0.4) is 0 Å². The quantitative estimate of drug-likeness (QED) is 0.295. The third kappa shape index (κ3) is 5.11. The van der Waals surface area contributed by atoms with Crippen molar-refractivity contribution < 1.29 is 13.9 Å². The fourth-order valence-corrected chi connectivity index (χ4v) is 3.74. The number of halogens is 3. The molecular formula is C22H18Cl2FN5O2S. The maximum absolute atomic E-state index is 14.0. The number of methoxy groups -OCH3 is 1. The molecule has 2 heterocycles. The standard InChI is InChI=1S/C22H18Cl2FN5O2S/c1-31-19-9-14(11-27-30-21(28-29-22(30)33)13-5-7-26-8-6-13)17(24)10-20(19)32-12-15-16(23)3-2-4-18(15)25/h2-10,27H,11-12H2,1H3,(H,29,33). The number of aromatic nitrogens is 4. The number of hydrogen-bond acceptors (Lipinski definition) is 6. The van der Waals surface area contributed by atoms with Gasteiger partial charge in [-0.1, -0.05) is 29.3 Å². The minimum Gasteiger partial charge on any atom is -0.493 e. The van der Waals surface area contributed by atoms with E-state index >= 15 is 0 Å². The Labute approximate surface area is 204 Å². The third-order valence-electron chi connectivity index (χ3n) is 4.80. The number of aromatic amines is 1. The van der Waals surface area contributed by atoms with Gasteiger partial charge < -0.3 is 14.9 Å². The van der Waals surface area contributed by atoms with Crippen LogP contribution in [0.25, 0.3) is 11.4 Å². The Morgan fingerprint density at radius 3 is 2.64 bits per heavy atom. The minimum atomic E-state index is -0.449. The van der Waals surface area contributed by atoms with E-state index in [1.165, 1.54) is 19.2 Å². The van der Waals surface area contributed by atoms with Crippen LogP contribution in [0.4, 0.5) is 4.39 Å². The number of benzene rings is 2. The molecule has 0 fully saturated rings. The molecule has 0 spiro atoms. The summed E-state index contributed by atoms with van der Waals surface area (Å²) in [6, 6.07) is 11.5. The lowest BCUT2D eigenvalue weighted by atomic mass is 10.2. The van der Waals surface area contributed by atoms with E-state index in [-0.39, 0.29) is 17.2 Å². The Bertz CT molecular complexity index is 1310. The van der Waals surface area contributed by atoms with Crippen molar-refractivity contribution in [3.8, 4) is 22.9 Å². The van der Waals surface area contributed by atoms with Crippen LogP contribution >= 0.6 is 35.4 Å². The van der Waals surface area contributed by atoms with Crippen molar-refractivity contribution in [1.29, 1.82) is 0 Å². The third-order valence-corrected chi connectivity index (χ3v) is 5.78. The summed E-state index contributed by atoms with van der Waals surface area (Å²) in [6.45, 7) is 0.246. The van der Waals surface area contributed by atoms with Crippen LogP contribution in [0.1, 0.15) is 11.1 Å². The maximum Gasteiger partial charge on any atom is 0.214 e. The van der Waals surface area contributed by atoms with E-state index in [9.17, 15) is 4.39 Å². The van der Waals surface area contributed by atoms with E-state index in [4.69, 9.17) is 44.9 Å². The lowest BCUT2D eigenvalue weighted by molar-refractivity contribution is 0.279. The molecule has 11 heteroatoms. The molecule has 0 aliphatic carbocycles. The van der Waals surface area contributed by atoms with Crippen molar-refractivity contribution in [2.24, 2.45) is 0 Å². The predicted octanol–water partition coefficient (Wildman–Crippen LogP) is 5.78. The molecule has 4 rings (SSSR count). The van der Waals surface area contributed by atoms with Crippen molar-refractivity contribution in [3.63, 3.8) is 0 Å². The van der Waals surface area contributed by atoms with Gasteiger partial charge in [0.1, 0.15) is 12.4 Å². The van der Waals surface area contributed by atoms with Crippen LogP contribution in [-0.2, 0) is 13.2 Å². The maximum atomic E-state index is 14.0. The van der Waals surface area contributed by atoms with Gasteiger partial charge in [0.2, 0.25) is 4.77 Å². The van der Waals surface area contributed by atoms with Gasteiger partial charge in [-0.3, -0.25) is 4.98 Å². The largest absolute Gasteiger partial charge is 0.493 e. The van der Waals surface area contributed by atoms with E-state index in [0.717, 1.165) is 11.1 Å². The lowest BCUT2D eigenvalue weighted by Gasteiger charge is -2.16. The number of hydrogen-bond donors (Lipinski definition) is 2. The number of nitrogens with zero attached hydrogens (tertiary/aromatic N) is 3. The highest BCUT2D eigenvalue weighted by atomic mass is 35.5. The molecule has 2 N–H and O–H groups in total. The predicted molar refractivity (Wildman–Crippen MR) is 127 cm³/mol. The fraction of sp³-hybridized carbons (Fsp3) is 0.136. The van der Waals surface area contributed by atoms with Crippen LogP contribution in [-0.4, -0.2) is 27.0 Å². The molecule has 0 unspecified atom stereocenters. The summed E-state index contributed by atoms with van der Waals surface area (Å²) in [4.78, 5) is 4.02. The van der Waals surface area contributed by atoms with E-state index < -0.39 is 5.82 Å². The molecule has 2 aromatic heterocycles. The fourth-order valence-electron chi connectivity index (χ4n) is 3.11. The molecule has 0 radical (unpaired) electrons. The normalized spacial score (nSPS) is 10.8. The summed E-state index contributed by atoms with van der Waals surface area (Å²) in [5, 5.41) is 7.76. The molecule has 0 amide bonds. The number of ether oxygens (including phenoxy) is 2. The van der Waals surface area contributed by atoms with E-state index in [0.29, 0.717) is 33.7 Å². The molecule has 2 aromatic carbocycles. The Kier molecular flexibility index (Phi) is 7.12. The number of H-pyrrole nitrogens is 1. The Morgan fingerprint density at radius 1 is 1.12 bits per heavy atom. The molecule has 4 aromatic rings. The second kappa shape index (κ2) is 10.2. The summed E-state index contributed by atoms with van der Waals surface area (Å²) in [6.07, 6.45) is 3.35. The second-order valence-electron chi connectivity index (χ2n) is 6.84. The molecule has 0 atom stereocenters. The first-order valence-corrected chi connectivity index (χ1v) is 10.9. The van der Waals surface area contributed by atoms with Gasteiger partial charge in [-0.25, -0.2) is 14.2 Å². The minimum absolute atomic E-state index is 0.0741. The highest BCUT2D eigenvalue weighted by molar-refractivity contribution is 7.71. The average molecular weight is 506 g/mol. The van der Waals surface area contributed by atoms with Gasteiger partial charge in [0.25, 0.3) is 0 Å². The van der Waals surface area contributed by atoms with Crippen molar-refractivity contribution >= 4 is 35.4 Å². The van der Waals surface area contributed by atoms with E-state index in [1.54, 1.807) is 35.3 Å². The molecule has 170 valence electrons. The van der Waals surface area contributed by atoms with Crippen molar-refractivity contribution in [1.82, 2.24) is 19.9 Å². The first-order chi connectivity index (χ1) is 16.0. The summed E-state index contributed by atoms with van der Waals surface area (Å²) in [5.74, 6) is 0.958. The smallest absolute Gasteiger partial charge is 0.214 e. The SMILES string of the molecule is COc1cc(CNn2c(-c3ccncc3)n[nH]c2=S)c(Cl)cc1OCc1c(F)cccc1Cl. The molecule has 0 aliphatic heterocycles. The number of rotatable bonds is 8. The zero-order chi connectivity index (χ0) is 23.4. The summed E-state index contributed by atoms with van der Waals surface area (Å²) in [5.41, 5.74) is 5.03. The van der Waals surface area contributed by atoms with Gasteiger partial charge in [-0.2, -0.15) is 5.10 Å². The van der Waals surface area contributed by atoms with Gasteiger partial charge in [-0.15, -0.1) is 0 Å². The number of nitrogens with one attached hydrogen (secondary N) is 2. The van der Waals surface area contributed by atoms with Gasteiger partial charge in [-0.05, 0) is 48.1 Å².